The van der Waals surface area contributed by atoms with Crippen LogP contribution in [0, 0.1) is 6.92 Å². The molecule has 0 atom stereocenters. The lowest BCUT2D eigenvalue weighted by Gasteiger charge is -2.10. The maximum atomic E-state index is 6.10. The quantitative estimate of drug-likeness (QED) is 0.450. The van der Waals surface area contributed by atoms with Crippen molar-refractivity contribution in [1.82, 2.24) is 24.3 Å². The van der Waals surface area contributed by atoms with Gasteiger partial charge in [-0.05, 0) is 25.1 Å². The van der Waals surface area contributed by atoms with Gasteiger partial charge in [-0.2, -0.15) is 0 Å². The molecular weight excluding hydrogens is 378 g/mol. The largest absolute Gasteiger partial charge is 0.322 e. The Morgan fingerprint density at radius 3 is 2.56 bits per heavy atom. The fourth-order valence-electron chi connectivity index (χ4n) is 2.83. The van der Waals surface area contributed by atoms with Gasteiger partial charge in [0.1, 0.15) is 11.0 Å². The molecule has 0 aliphatic rings. The lowest BCUT2D eigenvalue weighted by atomic mass is 10.1. The number of para-hydroxylation sites is 1. The Morgan fingerprint density at radius 2 is 1.85 bits per heavy atom. The van der Waals surface area contributed by atoms with E-state index in [1.165, 1.54) is 5.56 Å². The first-order chi connectivity index (χ1) is 13.1. The van der Waals surface area contributed by atoms with Crippen molar-refractivity contribution in [3.05, 3.63) is 77.3 Å². The number of aryl methyl sites for hydroxylation is 1. The minimum Gasteiger partial charge on any atom is -0.322 e. The van der Waals surface area contributed by atoms with E-state index >= 15 is 0 Å². The Balaban J connectivity index is 1.74. The number of aromatic nitrogens is 5. The molecule has 0 spiro atoms. The van der Waals surface area contributed by atoms with Crippen LogP contribution in [0.5, 0.6) is 0 Å². The summed E-state index contributed by atoms with van der Waals surface area (Å²) >= 11 is 7.68. The van der Waals surface area contributed by atoms with E-state index in [0.29, 0.717) is 10.9 Å². The maximum absolute atomic E-state index is 6.10. The first-order valence-electron chi connectivity index (χ1n) is 8.50. The first-order valence-corrected chi connectivity index (χ1v) is 9.86. The normalized spacial score (nSPS) is 11.1. The van der Waals surface area contributed by atoms with E-state index in [4.69, 9.17) is 11.6 Å². The van der Waals surface area contributed by atoms with Crippen LogP contribution < -0.4 is 0 Å². The zero-order valence-corrected chi connectivity index (χ0v) is 16.6. The summed E-state index contributed by atoms with van der Waals surface area (Å²) in [6, 6.07) is 18.5. The summed E-state index contributed by atoms with van der Waals surface area (Å²) in [4.78, 5) is 4.36. The second kappa shape index (κ2) is 7.58. The van der Waals surface area contributed by atoms with Gasteiger partial charge in [-0.3, -0.25) is 4.57 Å². The van der Waals surface area contributed by atoms with Crippen molar-refractivity contribution in [2.45, 2.75) is 17.8 Å². The van der Waals surface area contributed by atoms with Crippen molar-refractivity contribution in [3.8, 4) is 17.1 Å². The summed E-state index contributed by atoms with van der Waals surface area (Å²) in [6.07, 6.45) is 1.66. The highest BCUT2D eigenvalue weighted by atomic mass is 35.5. The minimum atomic E-state index is 0.621. The smallest absolute Gasteiger partial charge is 0.196 e. The number of nitrogens with zero attached hydrogens (tertiary/aromatic N) is 5. The Hall–Kier alpha value is -2.57. The molecule has 7 heteroatoms. The monoisotopic (exact) mass is 395 g/mol. The van der Waals surface area contributed by atoms with E-state index < -0.39 is 0 Å². The van der Waals surface area contributed by atoms with Gasteiger partial charge in [0.15, 0.2) is 11.0 Å². The summed E-state index contributed by atoms with van der Waals surface area (Å²) < 4.78 is 3.96. The summed E-state index contributed by atoms with van der Waals surface area (Å²) in [5, 5.41) is 10.4. The predicted octanol–water partition coefficient (Wildman–Crippen LogP) is 4.92. The molecule has 4 aromatic rings. The van der Waals surface area contributed by atoms with Gasteiger partial charge in [0.05, 0.1) is 11.9 Å². The minimum absolute atomic E-state index is 0.621. The van der Waals surface area contributed by atoms with Crippen LogP contribution in [-0.2, 0) is 12.8 Å². The van der Waals surface area contributed by atoms with E-state index in [-0.39, 0.29) is 0 Å². The van der Waals surface area contributed by atoms with E-state index in [1.54, 1.807) is 18.0 Å². The number of halogens is 1. The van der Waals surface area contributed by atoms with Crippen LogP contribution in [0.3, 0.4) is 0 Å². The molecule has 0 bridgehead atoms. The molecule has 4 rings (SSSR count). The number of imidazole rings is 1. The van der Waals surface area contributed by atoms with Crippen molar-refractivity contribution >= 4 is 23.4 Å². The molecule has 0 radical (unpaired) electrons. The van der Waals surface area contributed by atoms with Crippen LogP contribution in [0.1, 0.15) is 11.4 Å². The average molecular weight is 396 g/mol. The molecule has 2 heterocycles. The molecule has 0 N–H and O–H groups in total. The molecule has 0 amide bonds. The molecule has 2 aromatic heterocycles. The Bertz CT molecular complexity index is 1070. The van der Waals surface area contributed by atoms with Crippen LogP contribution in [0.25, 0.3) is 17.1 Å². The third-order valence-electron chi connectivity index (χ3n) is 4.28. The Morgan fingerprint density at radius 1 is 1.04 bits per heavy atom. The van der Waals surface area contributed by atoms with E-state index in [9.17, 15) is 0 Å². The van der Waals surface area contributed by atoms with Crippen molar-refractivity contribution in [2.24, 2.45) is 7.05 Å². The molecular formula is C20H18ClN5S. The Kier molecular flexibility index (Phi) is 5.01. The molecule has 0 saturated carbocycles. The maximum Gasteiger partial charge on any atom is 0.196 e. The van der Waals surface area contributed by atoms with Crippen LogP contribution >= 0.6 is 23.4 Å². The topological polar surface area (TPSA) is 48.5 Å². The average Bonchev–Trinajstić information content (AvgIpc) is 3.25. The zero-order valence-electron chi connectivity index (χ0n) is 15.0. The summed E-state index contributed by atoms with van der Waals surface area (Å²) in [7, 11) is 1.91. The van der Waals surface area contributed by atoms with Gasteiger partial charge in [0.2, 0.25) is 0 Å². The predicted molar refractivity (Wildman–Crippen MR) is 109 cm³/mol. The highest BCUT2D eigenvalue weighted by Gasteiger charge is 2.17. The van der Waals surface area contributed by atoms with Crippen molar-refractivity contribution < 1.29 is 0 Å². The number of thioether (sulfide) groups is 1. The fourth-order valence-corrected chi connectivity index (χ4v) is 3.92. The van der Waals surface area contributed by atoms with Gasteiger partial charge in [-0.1, -0.05) is 65.3 Å². The molecule has 0 unspecified atom stereocenters. The van der Waals surface area contributed by atoms with Crippen molar-refractivity contribution in [2.75, 3.05) is 0 Å². The lowest BCUT2D eigenvalue weighted by molar-refractivity contribution is 0.842. The molecule has 5 nitrogen and oxygen atoms in total. The van der Waals surface area contributed by atoms with Crippen LogP contribution in [0.15, 0.2) is 66.0 Å². The van der Waals surface area contributed by atoms with E-state index in [0.717, 1.165) is 28.1 Å². The van der Waals surface area contributed by atoms with Gasteiger partial charge in [0, 0.05) is 18.3 Å². The van der Waals surface area contributed by atoms with Gasteiger partial charge >= 0.3 is 0 Å². The van der Waals surface area contributed by atoms with Gasteiger partial charge in [-0.15, -0.1) is 10.2 Å². The Labute approximate surface area is 167 Å². The van der Waals surface area contributed by atoms with Crippen LogP contribution in [0.4, 0.5) is 0 Å². The SMILES string of the molecule is Cc1cccc(-c2nnc(SCc3ncc(Cl)n3C)n2-c2ccccc2)c1. The van der Waals surface area contributed by atoms with E-state index in [2.05, 4.69) is 57.0 Å². The van der Waals surface area contributed by atoms with E-state index in [1.807, 2.05) is 35.9 Å². The highest BCUT2D eigenvalue weighted by Crippen LogP contribution is 2.30. The zero-order chi connectivity index (χ0) is 18.8. The molecule has 27 heavy (non-hydrogen) atoms. The van der Waals surface area contributed by atoms with Gasteiger partial charge < -0.3 is 4.57 Å². The first kappa shape index (κ1) is 17.8. The fraction of sp³-hybridized carbons (Fsp3) is 0.150. The highest BCUT2D eigenvalue weighted by molar-refractivity contribution is 7.98. The second-order valence-corrected chi connectivity index (χ2v) is 7.52. The van der Waals surface area contributed by atoms with Crippen molar-refractivity contribution in [3.63, 3.8) is 0 Å². The summed E-state index contributed by atoms with van der Waals surface area (Å²) in [5.41, 5.74) is 3.25. The summed E-state index contributed by atoms with van der Waals surface area (Å²) in [5.74, 6) is 2.37. The molecule has 0 aliphatic carbocycles. The van der Waals surface area contributed by atoms with Crippen LogP contribution in [-0.4, -0.2) is 24.3 Å². The number of hydrogen-bond acceptors (Lipinski definition) is 4. The molecule has 0 fully saturated rings. The van der Waals surface area contributed by atoms with Gasteiger partial charge in [-0.25, -0.2) is 4.98 Å². The number of hydrogen-bond donors (Lipinski definition) is 0. The molecule has 0 aliphatic heterocycles. The standard InChI is InChI=1S/C20H18ClN5S/c1-14-7-6-8-15(11-14)19-23-24-20(26(19)16-9-4-3-5-10-16)27-13-18-22-12-17(21)25(18)2/h3-12H,13H2,1-2H3. The third-order valence-corrected chi connectivity index (χ3v) is 5.56. The summed E-state index contributed by atoms with van der Waals surface area (Å²) in [6.45, 7) is 2.08. The van der Waals surface area contributed by atoms with Gasteiger partial charge in [0.25, 0.3) is 0 Å². The third kappa shape index (κ3) is 3.63. The molecule has 136 valence electrons. The molecule has 0 saturated heterocycles. The number of benzene rings is 2. The number of rotatable bonds is 5. The second-order valence-electron chi connectivity index (χ2n) is 6.19. The van der Waals surface area contributed by atoms with Crippen LogP contribution in [0.2, 0.25) is 5.15 Å². The molecule has 2 aromatic carbocycles. The lowest BCUT2D eigenvalue weighted by Crippen LogP contribution is -2.01. The van der Waals surface area contributed by atoms with Crippen molar-refractivity contribution in [1.29, 1.82) is 0 Å².